The molecule has 9 heteroatoms. The third kappa shape index (κ3) is 4.74. The van der Waals surface area contributed by atoms with Crippen LogP contribution in [0.15, 0.2) is 53.4 Å². The molecule has 4 rings (SSSR count). The van der Waals surface area contributed by atoms with Crippen molar-refractivity contribution >= 4 is 38.2 Å². The molecule has 0 bridgehead atoms. The van der Waals surface area contributed by atoms with E-state index in [0.717, 1.165) is 29.5 Å². The molecule has 2 aromatic carbocycles. The van der Waals surface area contributed by atoms with Gasteiger partial charge in [-0.15, -0.1) is 0 Å². The lowest BCUT2D eigenvalue weighted by atomic mass is 9.95. The maximum atomic E-state index is 13.0. The number of aryl methyl sites for hydroxylation is 1. The molecule has 1 aliphatic carbocycles. The number of ketones is 1. The first kappa shape index (κ1) is 22.9. The number of hydrogen-bond acceptors (Lipinski definition) is 6. The van der Waals surface area contributed by atoms with Crippen LogP contribution in [0.2, 0.25) is 0 Å². The van der Waals surface area contributed by atoms with Crippen LogP contribution in [0.3, 0.4) is 0 Å². The number of sulfonamides is 1. The third-order valence-electron chi connectivity index (χ3n) is 5.64. The molecule has 0 saturated carbocycles. The Morgan fingerprint density at radius 1 is 1.03 bits per heavy atom. The number of carbonyl (C=O) groups excluding carboxylic acids is 2. The molecule has 1 aromatic heterocycles. The van der Waals surface area contributed by atoms with Gasteiger partial charge in [-0.3, -0.25) is 9.59 Å². The molecule has 0 fully saturated rings. The number of nitrogens with one attached hydrogen (secondary N) is 2. The first-order chi connectivity index (χ1) is 15.8. The molecule has 33 heavy (non-hydrogen) atoms. The van der Waals surface area contributed by atoms with Gasteiger partial charge in [0.2, 0.25) is 10.0 Å². The Morgan fingerprint density at radius 3 is 2.55 bits per heavy atom. The van der Waals surface area contributed by atoms with E-state index in [2.05, 4.69) is 15.0 Å². The second-order valence-electron chi connectivity index (χ2n) is 8.16. The monoisotopic (exact) mass is 466 g/mol. The zero-order valence-electron chi connectivity index (χ0n) is 18.6. The second-order valence-corrected chi connectivity index (χ2v) is 9.90. The van der Waals surface area contributed by atoms with E-state index >= 15 is 0 Å². The lowest BCUT2D eigenvalue weighted by molar-refractivity contribution is 0.0948. The summed E-state index contributed by atoms with van der Waals surface area (Å²) in [5, 5.41) is 4.13. The molecule has 0 unspecified atom stereocenters. The fourth-order valence-corrected chi connectivity index (χ4v) is 5.30. The molecule has 1 heterocycles. The number of Topliss-reactive ketones (excluding diaryl/α,β-unsaturated/α-hetero) is 1. The minimum atomic E-state index is -3.81. The summed E-state index contributed by atoms with van der Waals surface area (Å²) in [5.41, 5.74) is 2.18. The van der Waals surface area contributed by atoms with Crippen LogP contribution < -0.4 is 14.9 Å². The quantitative estimate of drug-likeness (QED) is 0.518. The average Bonchev–Trinajstić information content (AvgIpc) is 2.81. The Hall–Kier alpha value is -3.30. The minimum absolute atomic E-state index is 0.0124. The van der Waals surface area contributed by atoms with Gasteiger partial charge in [0.1, 0.15) is 11.4 Å². The summed E-state index contributed by atoms with van der Waals surface area (Å²) in [7, 11) is -0.0840. The lowest BCUT2D eigenvalue weighted by Crippen LogP contribution is -2.35. The Morgan fingerprint density at radius 2 is 1.79 bits per heavy atom. The fourth-order valence-electron chi connectivity index (χ4n) is 4.03. The van der Waals surface area contributed by atoms with Crippen LogP contribution in [0.25, 0.3) is 10.8 Å². The van der Waals surface area contributed by atoms with E-state index in [0.29, 0.717) is 17.5 Å². The van der Waals surface area contributed by atoms with Crippen molar-refractivity contribution in [2.45, 2.75) is 24.2 Å². The molecule has 0 atom stereocenters. The van der Waals surface area contributed by atoms with Gasteiger partial charge in [-0.05, 0) is 42.0 Å². The maximum Gasteiger partial charge on any atom is 0.269 e. The number of carbonyl (C=O) groups is 2. The molecule has 0 saturated heterocycles. The van der Waals surface area contributed by atoms with Crippen molar-refractivity contribution < 1.29 is 18.0 Å². The van der Waals surface area contributed by atoms with Gasteiger partial charge in [-0.2, -0.15) is 0 Å². The van der Waals surface area contributed by atoms with Gasteiger partial charge < -0.3 is 10.2 Å². The van der Waals surface area contributed by atoms with Crippen molar-refractivity contribution in [1.82, 2.24) is 15.0 Å². The number of amides is 1. The number of benzene rings is 2. The molecule has 0 spiro atoms. The molecule has 0 aliphatic heterocycles. The maximum absolute atomic E-state index is 13.0. The van der Waals surface area contributed by atoms with Crippen LogP contribution in [0.5, 0.6) is 0 Å². The van der Waals surface area contributed by atoms with Gasteiger partial charge in [-0.25, -0.2) is 18.1 Å². The van der Waals surface area contributed by atoms with E-state index in [-0.39, 0.29) is 29.5 Å². The van der Waals surface area contributed by atoms with Gasteiger partial charge in [-0.1, -0.05) is 30.3 Å². The number of hydrogen-bond donors (Lipinski definition) is 2. The van der Waals surface area contributed by atoms with Crippen LogP contribution in [-0.4, -0.2) is 52.3 Å². The van der Waals surface area contributed by atoms with Crippen molar-refractivity contribution in [2.75, 3.05) is 32.1 Å². The van der Waals surface area contributed by atoms with Crippen LogP contribution in [-0.2, 0) is 16.4 Å². The molecular weight excluding hydrogens is 440 g/mol. The molecule has 8 nitrogen and oxygen atoms in total. The number of fused-ring (bicyclic) bond motifs is 2. The number of nitrogens with zero attached hydrogens (tertiary/aromatic N) is 2. The fraction of sp³-hybridized carbons (Fsp3) is 0.292. The molecule has 172 valence electrons. The number of pyridine rings is 1. The highest BCUT2D eigenvalue weighted by Gasteiger charge is 2.22. The van der Waals surface area contributed by atoms with E-state index < -0.39 is 15.9 Å². The Labute approximate surface area is 193 Å². The molecule has 1 aliphatic rings. The minimum Gasteiger partial charge on any atom is -0.377 e. The van der Waals surface area contributed by atoms with Crippen LogP contribution in [0.4, 0.5) is 5.69 Å². The SMILES string of the molecule is CN(C)c1cccc2cccc(S(=O)(=O)NCCNC(=O)c3ccc4c(n3)C(=O)CCC4)c12. The van der Waals surface area contributed by atoms with E-state index in [9.17, 15) is 18.0 Å². The van der Waals surface area contributed by atoms with Crippen molar-refractivity contribution in [1.29, 1.82) is 0 Å². The first-order valence-corrected chi connectivity index (χ1v) is 12.3. The Balaban J connectivity index is 1.44. The summed E-state index contributed by atoms with van der Waals surface area (Å²) in [6.45, 7) is 0.0918. The highest BCUT2D eigenvalue weighted by atomic mass is 32.2. The third-order valence-corrected chi connectivity index (χ3v) is 7.15. The molecular formula is C24H26N4O4S. The highest BCUT2D eigenvalue weighted by Crippen LogP contribution is 2.31. The first-order valence-electron chi connectivity index (χ1n) is 10.8. The largest absolute Gasteiger partial charge is 0.377 e. The molecule has 2 N–H and O–H groups in total. The van der Waals surface area contributed by atoms with E-state index in [1.807, 2.05) is 43.3 Å². The number of aromatic nitrogens is 1. The van der Waals surface area contributed by atoms with Crippen LogP contribution in [0, 0.1) is 0 Å². The van der Waals surface area contributed by atoms with Gasteiger partial charge in [0.15, 0.2) is 5.78 Å². The normalized spacial score (nSPS) is 13.6. The average molecular weight is 467 g/mol. The zero-order valence-corrected chi connectivity index (χ0v) is 19.4. The van der Waals surface area contributed by atoms with E-state index in [1.165, 1.54) is 0 Å². The summed E-state index contributed by atoms with van der Waals surface area (Å²) in [5.74, 6) is -0.499. The summed E-state index contributed by atoms with van der Waals surface area (Å²) >= 11 is 0. The smallest absolute Gasteiger partial charge is 0.269 e. The highest BCUT2D eigenvalue weighted by molar-refractivity contribution is 7.89. The Kier molecular flexibility index (Phi) is 6.44. The van der Waals surface area contributed by atoms with Gasteiger partial charge >= 0.3 is 0 Å². The number of rotatable bonds is 7. The van der Waals surface area contributed by atoms with E-state index in [1.54, 1.807) is 24.3 Å². The van der Waals surface area contributed by atoms with Crippen molar-refractivity contribution in [3.63, 3.8) is 0 Å². The summed E-state index contributed by atoms with van der Waals surface area (Å²) < 4.78 is 28.6. The van der Waals surface area contributed by atoms with Crippen LogP contribution >= 0.6 is 0 Å². The summed E-state index contributed by atoms with van der Waals surface area (Å²) in [6.07, 6.45) is 2.02. The summed E-state index contributed by atoms with van der Waals surface area (Å²) in [6, 6.07) is 14.1. The standard InChI is InChI=1S/C24H26N4O4S/c1-28(2)19-9-3-6-16-7-5-11-21(22(16)19)33(31,32)26-15-14-25-24(30)18-13-12-17-8-4-10-20(29)23(17)27-18/h3,5-7,9,11-13,26H,4,8,10,14-15H2,1-2H3,(H,25,30). The van der Waals surface area contributed by atoms with Crippen molar-refractivity contribution in [3.8, 4) is 0 Å². The topological polar surface area (TPSA) is 108 Å². The van der Waals surface area contributed by atoms with E-state index in [4.69, 9.17) is 0 Å². The lowest BCUT2D eigenvalue weighted by Gasteiger charge is -2.18. The second kappa shape index (κ2) is 9.29. The van der Waals surface area contributed by atoms with Gasteiger partial charge in [0.25, 0.3) is 5.91 Å². The van der Waals surface area contributed by atoms with Gasteiger partial charge in [0, 0.05) is 44.7 Å². The predicted octanol–water partition coefficient (Wildman–Crippen LogP) is 2.53. The Bertz CT molecular complexity index is 1330. The zero-order chi connectivity index (χ0) is 23.6. The molecule has 0 radical (unpaired) electrons. The van der Waals surface area contributed by atoms with Crippen molar-refractivity contribution in [2.24, 2.45) is 0 Å². The number of anilines is 1. The molecule has 1 amide bonds. The van der Waals surface area contributed by atoms with Crippen LogP contribution in [0.1, 0.15) is 39.4 Å². The van der Waals surface area contributed by atoms with Crippen molar-refractivity contribution in [3.05, 3.63) is 65.5 Å². The predicted molar refractivity (Wildman–Crippen MR) is 127 cm³/mol. The van der Waals surface area contributed by atoms with Gasteiger partial charge in [0.05, 0.1) is 4.90 Å². The summed E-state index contributed by atoms with van der Waals surface area (Å²) in [4.78, 5) is 30.8. The molecule has 3 aromatic rings.